The molecule has 3 aromatic carbocycles. The van der Waals surface area contributed by atoms with E-state index in [2.05, 4.69) is 5.32 Å². The van der Waals surface area contributed by atoms with Crippen LogP contribution in [-0.2, 0) is 28.8 Å². The SMILES string of the molecule is CN(C)c1ccc(C(=O)N[C@@H](CCc2ccccc2)C(=O)OC(C)(C)C)cc1CCc1ccc(O)cc1. The summed E-state index contributed by atoms with van der Waals surface area (Å²) in [6.45, 7) is 5.46. The lowest BCUT2D eigenvalue weighted by molar-refractivity contribution is -0.157. The van der Waals surface area contributed by atoms with E-state index in [1.54, 1.807) is 18.2 Å². The lowest BCUT2D eigenvalue weighted by atomic mass is 9.99. The van der Waals surface area contributed by atoms with Gasteiger partial charge in [0.1, 0.15) is 17.4 Å². The summed E-state index contributed by atoms with van der Waals surface area (Å²) in [6.07, 6.45) is 2.57. The van der Waals surface area contributed by atoms with Crippen LogP contribution < -0.4 is 10.2 Å². The van der Waals surface area contributed by atoms with Gasteiger partial charge in [0.15, 0.2) is 0 Å². The fourth-order valence-electron chi connectivity index (χ4n) is 4.12. The van der Waals surface area contributed by atoms with Gasteiger partial charge in [-0.25, -0.2) is 4.79 Å². The van der Waals surface area contributed by atoms with Crippen LogP contribution in [-0.4, -0.2) is 42.7 Å². The van der Waals surface area contributed by atoms with Gasteiger partial charge in [0, 0.05) is 25.3 Å². The molecular formula is C31H38N2O4. The summed E-state index contributed by atoms with van der Waals surface area (Å²) in [7, 11) is 3.95. The zero-order valence-electron chi connectivity index (χ0n) is 22.5. The molecule has 0 bridgehead atoms. The number of amides is 1. The third-order valence-corrected chi connectivity index (χ3v) is 6.00. The van der Waals surface area contributed by atoms with Crippen molar-refractivity contribution in [1.29, 1.82) is 0 Å². The van der Waals surface area contributed by atoms with Crippen molar-refractivity contribution < 1.29 is 19.4 Å². The molecule has 0 radical (unpaired) electrons. The average Bonchev–Trinajstić information content (AvgIpc) is 2.85. The van der Waals surface area contributed by atoms with Crippen LogP contribution in [0.1, 0.15) is 54.2 Å². The van der Waals surface area contributed by atoms with E-state index in [0.29, 0.717) is 18.4 Å². The summed E-state index contributed by atoms with van der Waals surface area (Å²) in [6, 6.07) is 21.9. The van der Waals surface area contributed by atoms with Crippen molar-refractivity contribution in [3.8, 4) is 5.75 Å². The molecule has 0 spiro atoms. The fourth-order valence-corrected chi connectivity index (χ4v) is 4.12. The van der Waals surface area contributed by atoms with Gasteiger partial charge in [-0.3, -0.25) is 4.79 Å². The number of esters is 1. The molecular weight excluding hydrogens is 464 g/mol. The number of aryl methyl sites for hydroxylation is 3. The molecule has 0 fully saturated rings. The van der Waals surface area contributed by atoms with Gasteiger partial charge in [0.2, 0.25) is 0 Å². The minimum atomic E-state index is -0.763. The summed E-state index contributed by atoms with van der Waals surface area (Å²) in [5.41, 5.74) is 4.11. The maximum atomic E-state index is 13.3. The van der Waals surface area contributed by atoms with Crippen molar-refractivity contribution in [3.05, 3.63) is 95.1 Å². The highest BCUT2D eigenvalue weighted by Gasteiger charge is 2.27. The largest absolute Gasteiger partial charge is 0.508 e. The first-order valence-corrected chi connectivity index (χ1v) is 12.7. The average molecular weight is 503 g/mol. The second kappa shape index (κ2) is 12.4. The van der Waals surface area contributed by atoms with Crippen LogP contribution in [0.4, 0.5) is 5.69 Å². The Hall–Kier alpha value is -3.80. The Kier molecular flexibility index (Phi) is 9.34. The number of hydrogen-bond acceptors (Lipinski definition) is 5. The van der Waals surface area contributed by atoms with Crippen LogP contribution in [0.25, 0.3) is 0 Å². The van der Waals surface area contributed by atoms with E-state index in [0.717, 1.165) is 35.2 Å². The number of carbonyl (C=O) groups excluding carboxylic acids is 2. The van der Waals surface area contributed by atoms with Crippen LogP contribution in [0.15, 0.2) is 72.8 Å². The summed E-state index contributed by atoms with van der Waals surface area (Å²) in [4.78, 5) is 28.3. The molecule has 0 saturated heterocycles. The monoisotopic (exact) mass is 502 g/mol. The third kappa shape index (κ3) is 8.67. The predicted octanol–water partition coefficient (Wildman–Crippen LogP) is 5.32. The lowest BCUT2D eigenvalue weighted by Crippen LogP contribution is -2.44. The van der Waals surface area contributed by atoms with E-state index in [1.165, 1.54) is 0 Å². The number of anilines is 1. The quantitative estimate of drug-likeness (QED) is 0.367. The van der Waals surface area contributed by atoms with Gasteiger partial charge in [-0.05, 0) is 93.5 Å². The highest BCUT2D eigenvalue weighted by Crippen LogP contribution is 2.23. The molecule has 6 nitrogen and oxygen atoms in total. The van der Waals surface area contributed by atoms with Gasteiger partial charge in [-0.15, -0.1) is 0 Å². The molecule has 1 amide bonds. The molecule has 0 aliphatic carbocycles. The zero-order chi connectivity index (χ0) is 27.0. The third-order valence-electron chi connectivity index (χ3n) is 6.00. The molecule has 6 heteroatoms. The van der Waals surface area contributed by atoms with Crippen LogP contribution >= 0.6 is 0 Å². The topological polar surface area (TPSA) is 78.9 Å². The van der Waals surface area contributed by atoms with Crippen molar-refractivity contribution in [3.63, 3.8) is 0 Å². The summed E-state index contributed by atoms with van der Waals surface area (Å²) in [5, 5.41) is 12.5. The Morgan fingerprint density at radius 1 is 0.892 bits per heavy atom. The first-order valence-electron chi connectivity index (χ1n) is 12.7. The summed E-state index contributed by atoms with van der Waals surface area (Å²) >= 11 is 0. The highest BCUT2D eigenvalue weighted by molar-refractivity contribution is 5.97. The molecule has 196 valence electrons. The zero-order valence-corrected chi connectivity index (χ0v) is 22.5. The van der Waals surface area contributed by atoms with E-state index < -0.39 is 17.6 Å². The van der Waals surface area contributed by atoms with Crippen molar-refractivity contribution >= 4 is 17.6 Å². The Morgan fingerprint density at radius 2 is 1.54 bits per heavy atom. The minimum Gasteiger partial charge on any atom is -0.508 e. The van der Waals surface area contributed by atoms with Gasteiger partial charge >= 0.3 is 5.97 Å². The number of nitrogens with one attached hydrogen (secondary N) is 1. The molecule has 3 rings (SSSR count). The van der Waals surface area contributed by atoms with E-state index in [9.17, 15) is 14.7 Å². The van der Waals surface area contributed by atoms with Crippen LogP contribution in [0.2, 0.25) is 0 Å². The number of hydrogen-bond donors (Lipinski definition) is 2. The van der Waals surface area contributed by atoms with Crippen LogP contribution in [0.5, 0.6) is 5.75 Å². The molecule has 2 N–H and O–H groups in total. The number of phenols is 1. The van der Waals surface area contributed by atoms with Crippen LogP contribution in [0, 0.1) is 0 Å². The van der Waals surface area contributed by atoms with Crippen LogP contribution in [0.3, 0.4) is 0 Å². The Bertz CT molecular complexity index is 1180. The second-order valence-corrected chi connectivity index (χ2v) is 10.5. The lowest BCUT2D eigenvalue weighted by Gasteiger charge is -2.25. The van der Waals surface area contributed by atoms with Gasteiger partial charge < -0.3 is 20.1 Å². The van der Waals surface area contributed by atoms with E-state index >= 15 is 0 Å². The minimum absolute atomic E-state index is 0.239. The number of aromatic hydroxyl groups is 1. The highest BCUT2D eigenvalue weighted by atomic mass is 16.6. The molecule has 0 heterocycles. The number of ether oxygens (including phenoxy) is 1. The molecule has 0 saturated carbocycles. The Balaban J connectivity index is 1.78. The van der Waals surface area contributed by atoms with Gasteiger partial charge in [0.25, 0.3) is 5.91 Å². The summed E-state index contributed by atoms with van der Waals surface area (Å²) < 4.78 is 5.62. The van der Waals surface area contributed by atoms with Crippen molar-refractivity contribution in [2.45, 2.75) is 58.1 Å². The van der Waals surface area contributed by atoms with Crippen molar-refractivity contribution in [2.24, 2.45) is 0 Å². The Morgan fingerprint density at radius 3 is 2.16 bits per heavy atom. The number of carbonyl (C=O) groups is 2. The molecule has 1 atom stereocenters. The molecule has 3 aromatic rings. The molecule has 0 unspecified atom stereocenters. The number of benzene rings is 3. The maximum Gasteiger partial charge on any atom is 0.329 e. The molecule has 37 heavy (non-hydrogen) atoms. The van der Waals surface area contributed by atoms with E-state index in [1.807, 2.05) is 94.4 Å². The molecule has 0 aliphatic rings. The van der Waals surface area contributed by atoms with Gasteiger partial charge in [-0.2, -0.15) is 0 Å². The molecule has 0 aromatic heterocycles. The number of phenolic OH excluding ortho intramolecular Hbond substituents is 1. The smallest absolute Gasteiger partial charge is 0.329 e. The normalized spacial score (nSPS) is 12.0. The number of nitrogens with zero attached hydrogens (tertiary/aromatic N) is 1. The van der Waals surface area contributed by atoms with Gasteiger partial charge in [-0.1, -0.05) is 42.5 Å². The van der Waals surface area contributed by atoms with Crippen molar-refractivity contribution in [2.75, 3.05) is 19.0 Å². The number of rotatable bonds is 10. The predicted molar refractivity (Wildman–Crippen MR) is 148 cm³/mol. The van der Waals surface area contributed by atoms with E-state index in [4.69, 9.17) is 4.74 Å². The van der Waals surface area contributed by atoms with Crippen molar-refractivity contribution in [1.82, 2.24) is 5.32 Å². The second-order valence-electron chi connectivity index (χ2n) is 10.5. The summed E-state index contributed by atoms with van der Waals surface area (Å²) in [5.74, 6) is -0.502. The maximum absolute atomic E-state index is 13.3. The standard InChI is InChI=1S/C31H38N2O4/c1-31(2,3)37-30(36)27(19-14-22-9-7-6-8-10-22)32-29(35)25-16-20-28(33(4)5)24(21-25)15-11-23-12-17-26(34)18-13-23/h6-10,12-13,16-18,20-21,27,34H,11,14-15,19H2,1-5H3,(H,32,35)/t27-/m0/s1. The van der Waals surface area contributed by atoms with Gasteiger partial charge in [0.05, 0.1) is 0 Å². The first-order chi connectivity index (χ1) is 17.5. The molecule has 0 aliphatic heterocycles. The van der Waals surface area contributed by atoms with E-state index in [-0.39, 0.29) is 11.7 Å². The Labute approximate surface area is 220 Å². The fraction of sp³-hybridized carbons (Fsp3) is 0.355. The first kappa shape index (κ1) is 27.8.